The minimum absolute atomic E-state index is 0.137. The number of furan rings is 1. The van der Waals surface area contributed by atoms with Gasteiger partial charge in [0.1, 0.15) is 16.4 Å². The highest BCUT2D eigenvalue weighted by Crippen LogP contribution is 2.29. The minimum atomic E-state index is -3.55. The Hall–Kier alpha value is -0.560. The standard InChI is InChI=1S/C14H23ClN2O3S/c1-11-13(10-15)14(12(2)20-11)21(18,19)16(3)8-9-17-6-4-5-7-17/h4-10H2,1-3H3. The largest absolute Gasteiger partial charge is 0.465 e. The van der Waals surface area contributed by atoms with Crippen molar-refractivity contribution in [3.05, 3.63) is 17.1 Å². The second-order valence-corrected chi connectivity index (χ2v) is 7.78. The van der Waals surface area contributed by atoms with Crippen molar-refractivity contribution in [1.29, 1.82) is 0 Å². The quantitative estimate of drug-likeness (QED) is 0.749. The molecule has 0 radical (unpaired) electrons. The molecule has 1 saturated heterocycles. The molecule has 2 rings (SSSR count). The van der Waals surface area contributed by atoms with Gasteiger partial charge in [-0.2, -0.15) is 4.31 Å². The van der Waals surface area contributed by atoms with Gasteiger partial charge in [-0.3, -0.25) is 0 Å². The van der Waals surface area contributed by atoms with Crippen LogP contribution in [-0.4, -0.2) is 50.8 Å². The lowest BCUT2D eigenvalue weighted by molar-refractivity contribution is 0.310. The molecule has 0 atom stereocenters. The number of nitrogens with zero attached hydrogens (tertiary/aromatic N) is 2. The highest BCUT2D eigenvalue weighted by atomic mass is 35.5. The first kappa shape index (κ1) is 16.8. The Kier molecular flexibility index (Phi) is 5.35. The van der Waals surface area contributed by atoms with Crippen molar-refractivity contribution in [3.8, 4) is 0 Å². The molecule has 1 fully saturated rings. The fraction of sp³-hybridized carbons (Fsp3) is 0.714. The summed E-state index contributed by atoms with van der Waals surface area (Å²) in [6, 6.07) is 0. The summed E-state index contributed by atoms with van der Waals surface area (Å²) in [5, 5.41) is 0. The Morgan fingerprint density at radius 3 is 2.43 bits per heavy atom. The molecule has 2 heterocycles. The molecule has 1 aromatic heterocycles. The highest BCUT2D eigenvalue weighted by Gasteiger charge is 2.30. The Bertz CT molecular complexity index is 592. The topological polar surface area (TPSA) is 53.8 Å². The summed E-state index contributed by atoms with van der Waals surface area (Å²) in [6.45, 7) is 6.78. The molecule has 0 spiro atoms. The molecule has 0 amide bonds. The van der Waals surface area contributed by atoms with Gasteiger partial charge in [0.05, 0.1) is 5.88 Å². The molecule has 1 aromatic rings. The summed E-state index contributed by atoms with van der Waals surface area (Å²) in [7, 11) is -1.94. The van der Waals surface area contributed by atoms with E-state index in [2.05, 4.69) is 4.90 Å². The first-order valence-electron chi connectivity index (χ1n) is 7.21. The van der Waals surface area contributed by atoms with Gasteiger partial charge < -0.3 is 9.32 Å². The maximum atomic E-state index is 12.7. The van der Waals surface area contributed by atoms with Crippen LogP contribution in [0.3, 0.4) is 0 Å². The van der Waals surface area contributed by atoms with Crippen molar-refractivity contribution in [3.63, 3.8) is 0 Å². The van der Waals surface area contributed by atoms with E-state index in [-0.39, 0.29) is 10.8 Å². The summed E-state index contributed by atoms with van der Waals surface area (Å²) >= 11 is 5.89. The molecule has 120 valence electrons. The zero-order chi connectivity index (χ0) is 15.6. The van der Waals surface area contributed by atoms with Crippen molar-refractivity contribution >= 4 is 21.6 Å². The highest BCUT2D eigenvalue weighted by molar-refractivity contribution is 7.89. The number of likely N-dealkylation sites (N-methyl/N-ethyl adjacent to an activating group) is 1. The van der Waals surface area contributed by atoms with Crippen molar-refractivity contribution in [1.82, 2.24) is 9.21 Å². The molecule has 0 N–H and O–H groups in total. The van der Waals surface area contributed by atoms with Crippen molar-refractivity contribution in [2.75, 3.05) is 33.2 Å². The number of hydrogen-bond acceptors (Lipinski definition) is 4. The maximum absolute atomic E-state index is 12.7. The first-order valence-corrected chi connectivity index (χ1v) is 9.19. The van der Waals surface area contributed by atoms with Gasteiger partial charge in [0, 0.05) is 25.7 Å². The Labute approximate surface area is 131 Å². The summed E-state index contributed by atoms with van der Waals surface area (Å²) in [5.74, 6) is 1.13. The smallest absolute Gasteiger partial charge is 0.246 e. The predicted octanol–water partition coefficient (Wildman–Crippen LogP) is 2.35. The van der Waals surface area contributed by atoms with E-state index in [1.807, 2.05) is 0 Å². The molecule has 7 heteroatoms. The number of rotatable bonds is 6. The Balaban J connectivity index is 2.16. The van der Waals surface area contributed by atoms with Gasteiger partial charge in [-0.25, -0.2) is 8.42 Å². The van der Waals surface area contributed by atoms with Gasteiger partial charge in [-0.15, -0.1) is 11.6 Å². The van der Waals surface area contributed by atoms with Crippen LogP contribution in [0.2, 0.25) is 0 Å². The van der Waals surface area contributed by atoms with E-state index in [9.17, 15) is 8.42 Å². The fourth-order valence-corrected chi connectivity index (χ4v) is 4.73. The van der Waals surface area contributed by atoms with Gasteiger partial charge in [0.2, 0.25) is 10.0 Å². The number of likely N-dealkylation sites (tertiary alicyclic amines) is 1. The van der Waals surface area contributed by atoms with Crippen molar-refractivity contribution in [2.45, 2.75) is 37.5 Å². The lowest BCUT2D eigenvalue weighted by Gasteiger charge is -2.21. The Morgan fingerprint density at radius 2 is 1.86 bits per heavy atom. The maximum Gasteiger partial charge on any atom is 0.246 e. The normalized spacial score (nSPS) is 17.0. The van der Waals surface area contributed by atoms with Gasteiger partial charge >= 0.3 is 0 Å². The zero-order valence-electron chi connectivity index (χ0n) is 12.9. The van der Waals surface area contributed by atoms with E-state index in [0.717, 1.165) is 19.6 Å². The van der Waals surface area contributed by atoms with Crippen LogP contribution in [0.1, 0.15) is 29.9 Å². The fourth-order valence-electron chi connectivity index (χ4n) is 2.77. The number of sulfonamides is 1. The van der Waals surface area contributed by atoms with Gasteiger partial charge in [-0.1, -0.05) is 0 Å². The van der Waals surface area contributed by atoms with Crippen molar-refractivity contribution in [2.24, 2.45) is 0 Å². The molecule has 1 aliphatic rings. The number of aryl methyl sites for hydroxylation is 2. The molecule has 0 saturated carbocycles. The van der Waals surface area contributed by atoms with E-state index in [1.165, 1.54) is 17.1 Å². The van der Waals surface area contributed by atoms with Gasteiger partial charge in [0.15, 0.2) is 0 Å². The number of halogens is 1. The van der Waals surface area contributed by atoms with Crippen LogP contribution in [0, 0.1) is 13.8 Å². The molecule has 1 aliphatic heterocycles. The van der Waals surface area contributed by atoms with Crippen LogP contribution in [0.25, 0.3) is 0 Å². The van der Waals surface area contributed by atoms with Gasteiger partial charge in [0.25, 0.3) is 0 Å². The predicted molar refractivity (Wildman–Crippen MR) is 83.2 cm³/mol. The summed E-state index contributed by atoms with van der Waals surface area (Å²) in [6.07, 6.45) is 2.40. The lowest BCUT2D eigenvalue weighted by Crippen LogP contribution is -2.35. The van der Waals surface area contributed by atoms with E-state index < -0.39 is 10.0 Å². The average Bonchev–Trinajstić information content (AvgIpc) is 3.03. The molecular formula is C14H23ClN2O3S. The molecular weight excluding hydrogens is 312 g/mol. The second-order valence-electron chi connectivity index (χ2n) is 5.53. The van der Waals surface area contributed by atoms with Crippen LogP contribution in [-0.2, 0) is 15.9 Å². The number of hydrogen-bond donors (Lipinski definition) is 0. The molecule has 0 bridgehead atoms. The molecule has 0 aliphatic carbocycles. The monoisotopic (exact) mass is 334 g/mol. The lowest BCUT2D eigenvalue weighted by atomic mass is 10.3. The third kappa shape index (κ3) is 3.44. The van der Waals surface area contributed by atoms with Crippen LogP contribution in [0.4, 0.5) is 0 Å². The Morgan fingerprint density at radius 1 is 1.24 bits per heavy atom. The SMILES string of the molecule is Cc1oc(C)c(S(=O)(=O)N(C)CCN2CCCC2)c1CCl. The zero-order valence-corrected chi connectivity index (χ0v) is 14.4. The van der Waals surface area contributed by atoms with Crippen LogP contribution in [0.15, 0.2) is 9.31 Å². The van der Waals surface area contributed by atoms with Crippen molar-refractivity contribution < 1.29 is 12.8 Å². The summed E-state index contributed by atoms with van der Waals surface area (Å²) in [5.41, 5.74) is 0.571. The van der Waals surface area contributed by atoms with Crippen LogP contribution >= 0.6 is 11.6 Å². The average molecular weight is 335 g/mol. The van der Waals surface area contributed by atoms with E-state index in [4.69, 9.17) is 16.0 Å². The minimum Gasteiger partial charge on any atom is -0.465 e. The van der Waals surface area contributed by atoms with E-state index >= 15 is 0 Å². The molecule has 21 heavy (non-hydrogen) atoms. The molecule has 0 aromatic carbocycles. The summed E-state index contributed by atoms with van der Waals surface area (Å²) in [4.78, 5) is 2.53. The third-order valence-electron chi connectivity index (χ3n) is 4.06. The van der Waals surface area contributed by atoms with Crippen LogP contribution in [0.5, 0.6) is 0 Å². The molecule has 5 nitrogen and oxygen atoms in total. The van der Waals surface area contributed by atoms with E-state index in [1.54, 1.807) is 20.9 Å². The third-order valence-corrected chi connectivity index (χ3v) is 6.38. The first-order chi connectivity index (χ1) is 9.87. The number of alkyl halides is 1. The van der Waals surface area contributed by atoms with Crippen LogP contribution < -0.4 is 0 Å². The van der Waals surface area contributed by atoms with Gasteiger partial charge in [-0.05, 0) is 39.8 Å². The summed E-state index contributed by atoms with van der Waals surface area (Å²) < 4.78 is 32.3. The molecule has 0 unspecified atom stereocenters. The van der Waals surface area contributed by atoms with E-state index in [0.29, 0.717) is 23.6 Å². The second kappa shape index (κ2) is 6.69.